The number of ether oxygens (including phenoxy) is 1. The van der Waals surface area contributed by atoms with E-state index in [9.17, 15) is 14.9 Å². The number of hydrogen-bond donors (Lipinski definition) is 1. The van der Waals surface area contributed by atoms with Crippen molar-refractivity contribution >= 4 is 17.3 Å². The quantitative estimate of drug-likeness (QED) is 0.643. The van der Waals surface area contributed by atoms with Crippen molar-refractivity contribution in [2.45, 2.75) is 32.4 Å². The highest BCUT2D eigenvalue weighted by Gasteiger charge is 2.25. The maximum absolute atomic E-state index is 11.7. The molecular weight excluding hydrogens is 286 g/mol. The van der Waals surface area contributed by atoms with Crippen molar-refractivity contribution in [3.8, 4) is 0 Å². The summed E-state index contributed by atoms with van der Waals surface area (Å²) in [4.78, 5) is 24.0. The lowest BCUT2D eigenvalue weighted by molar-refractivity contribution is -0.384. The first-order valence-electron chi connectivity index (χ1n) is 7.35. The monoisotopic (exact) mass is 307 g/mol. The minimum Gasteiger partial charge on any atom is -0.380 e. The van der Waals surface area contributed by atoms with Gasteiger partial charge in [0.05, 0.1) is 11.5 Å². The number of non-ortho nitro benzene ring substituents is 1. The average molecular weight is 307 g/mol. The summed E-state index contributed by atoms with van der Waals surface area (Å²) in [5.74, 6) is 0.158. The Bertz CT molecular complexity index is 562. The second kappa shape index (κ2) is 7.22. The van der Waals surface area contributed by atoms with Crippen LogP contribution in [-0.4, -0.2) is 42.0 Å². The van der Waals surface area contributed by atoms with E-state index in [1.54, 1.807) is 13.2 Å². The molecule has 0 spiro atoms. The molecule has 0 bridgehead atoms. The van der Waals surface area contributed by atoms with Crippen LogP contribution in [0.15, 0.2) is 18.2 Å². The van der Waals surface area contributed by atoms with Gasteiger partial charge in [-0.25, -0.2) is 0 Å². The molecule has 1 fully saturated rings. The van der Waals surface area contributed by atoms with E-state index in [1.165, 1.54) is 12.1 Å². The van der Waals surface area contributed by atoms with Gasteiger partial charge in [0.2, 0.25) is 5.91 Å². The third-order valence-electron chi connectivity index (χ3n) is 3.80. The number of nitrogens with zero attached hydrogens (tertiary/aromatic N) is 2. The van der Waals surface area contributed by atoms with E-state index in [-0.39, 0.29) is 17.6 Å². The topological polar surface area (TPSA) is 84.7 Å². The summed E-state index contributed by atoms with van der Waals surface area (Å²) in [6, 6.07) is 4.87. The first-order chi connectivity index (χ1) is 10.5. The minimum absolute atomic E-state index is 0.0480. The van der Waals surface area contributed by atoms with Gasteiger partial charge < -0.3 is 15.0 Å². The van der Waals surface area contributed by atoms with Crippen LogP contribution in [0.25, 0.3) is 0 Å². The van der Waals surface area contributed by atoms with Crippen LogP contribution < -0.4 is 5.32 Å². The molecule has 0 saturated carbocycles. The second-order valence-corrected chi connectivity index (χ2v) is 5.35. The third kappa shape index (κ3) is 3.73. The molecule has 1 aromatic carbocycles. The Morgan fingerprint density at radius 2 is 2.32 bits per heavy atom. The smallest absolute Gasteiger partial charge is 0.269 e. The van der Waals surface area contributed by atoms with Crippen LogP contribution in [0.5, 0.6) is 0 Å². The Kier molecular flexibility index (Phi) is 5.32. The fourth-order valence-corrected chi connectivity index (χ4v) is 2.66. The van der Waals surface area contributed by atoms with Gasteiger partial charge in [-0.15, -0.1) is 0 Å². The van der Waals surface area contributed by atoms with Gasteiger partial charge >= 0.3 is 0 Å². The fourth-order valence-electron chi connectivity index (χ4n) is 2.66. The lowest BCUT2D eigenvalue weighted by Gasteiger charge is -2.18. The van der Waals surface area contributed by atoms with E-state index in [1.807, 2.05) is 11.8 Å². The molecule has 0 radical (unpaired) electrons. The molecule has 1 amide bonds. The number of rotatable bonds is 6. The number of benzene rings is 1. The maximum Gasteiger partial charge on any atom is 0.269 e. The molecule has 7 nitrogen and oxygen atoms in total. The molecule has 1 unspecified atom stereocenters. The first kappa shape index (κ1) is 16.2. The summed E-state index contributed by atoms with van der Waals surface area (Å²) in [7, 11) is 1.56. The number of methoxy groups -OCH3 is 1. The number of nitrogens with one attached hydrogen (secondary N) is 1. The van der Waals surface area contributed by atoms with Gasteiger partial charge in [-0.05, 0) is 12.5 Å². The van der Waals surface area contributed by atoms with Crippen LogP contribution in [0.4, 0.5) is 11.4 Å². The summed E-state index contributed by atoms with van der Waals surface area (Å²) < 4.78 is 5.12. The number of nitro benzene ring substituents is 1. The van der Waals surface area contributed by atoms with Gasteiger partial charge in [0.1, 0.15) is 0 Å². The molecule has 0 aromatic heterocycles. The number of hydrogen-bond acceptors (Lipinski definition) is 5. The van der Waals surface area contributed by atoms with E-state index in [4.69, 9.17) is 4.74 Å². The molecule has 1 aliphatic rings. The van der Waals surface area contributed by atoms with Crippen molar-refractivity contribution in [1.82, 2.24) is 4.90 Å². The Morgan fingerprint density at radius 1 is 1.55 bits per heavy atom. The number of nitro groups is 1. The number of likely N-dealkylation sites (tertiary alicyclic amines) is 1. The van der Waals surface area contributed by atoms with Gasteiger partial charge in [-0.2, -0.15) is 0 Å². The highest BCUT2D eigenvalue weighted by atomic mass is 16.6. The van der Waals surface area contributed by atoms with Crippen molar-refractivity contribution in [2.24, 2.45) is 0 Å². The van der Waals surface area contributed by atoms with Crippen LogP contribution in [0.2, 0.25) is 0 Å². The molecule has 22 heavy (non-hydrogen) atoms. The Balaban J connectivity index is 2.09. The summed E-state index contributed by atoms with van der Waals surface area (Å²) >= 11 is 0. The first-order valence-corrected chi connectivity index (χ1v) is 7.35. The Hall–Kier alpha value is -2.15. The van der Waals surface area contributed by atoms with E-state index in [0.717, 1.165) is 24.2 Å². The van der Waals surface area contributed by atoms with Gasteiger partial charge in [0.25, 0.3) is 5.69 Å². The predicted octanol–water partition coefficient (Wildman–Crippen LogP) is 2.16. The summed E-state index contributed by atoms with van der Waals surface area (Å²) in [6.45, 7) is 3.57. The van der Waals surface area contributed by atoms with Gasteiger partial charge in [-0.3, -0.25) is 14.9 Å². The number of carbonyl (C=O) groups is 1. The van der Waals surface area contributed by atoms with E-state index in [2.05, 4.69) is 5.32 Å². The van der Waals surface area contributed by atoms with Crippen LogP contribution in [0.3, 0.4) is 0 Å². The zero-order chi connectivity index (χ0) is 16.1. The average Bonchev–Trinajstić information content (AvgIpc) is 2.97. The Labute approximate surface area is 129 Å². The minimum atomic E-state index is -0.417. The van der Waals surface area contributed by atoms with Crippen LogP contribution >= 0.6 is 0 Å². The highest BCUT2D eigenvalue weighted by molar-refractivity contribution is 5.76. The molecule has 1 aliphatic heterocycles. The van der Waals surface area contributed by atoms with Crippen LogP contribution in [-0.2, 0) is 16.1 Å². The number of amides is 1. The van der Waals surface area contributed by atoms with Gasteiger partial charge in [0.15, 0.2) is 0 Å². The zero-order valence-electron chi connectivity index (χ0n) is 12.9. The largest absolute Gasteiger partial charge is 0.380 e. The molecule has 1 N–H and O–H groups in total. The number of carbonyl (C=O) groups excluding carboxylic acids is 1. The van der Waals surface area contributed by atoms with E-state index < -0.39 is 4.92 Å². The molecular formula is C15H21N3O4. The molecule has 7 heteroatoms. The standard InChI is InChI=1S/C15H21N3O4/c1-3-15(19)17-7-6-12(9-17)16-14-5-4-13(18(20)21)8-11(14)10-22-2/h4-5,8,12,16H,3,6-7,9-10H2,1-2H3. The van der Waals surface area contributed by atoms with Gasteiger partial charge in [-0.1, -0.05) is 6.92 Å². The zero-order valence-corrected chi connectivity index (χ0v) is 12.9. The fraction of sp³-hybridized carbons (Fsp3) is 0.533. The van der Waals surface area contributed by atoms with Crippen molar-refractivity contribution in [3.63, 3.8) is 0 Å². The predicted molar refractivity (Wildman–Crippen MR) is 82.7 cm³/mol. The maximum atomic E-state index is 11.7. The molecule has 1 aromatic rings. The Morgan fingerprint density at radius 3 is 2.95 bits per heavy atom. The highest BCUT2D eigenvalue weighted by Crippen LogP contribution is 2.25. The van der Waals surface area contributed by atoms with E-state index >= 15 is 0 Å². The van der Waals surface area contributed by atoms with E-state index in [0.29, 0.717) is 19.6 Å². The molecule has 2 rings (SSSR count). The molecule has 1 heterocycles. The van der Waals surface area contributed by atoms with Gasteiger partial charge in [0, 0.05) is 56.0 Å². The lowest BCUT2D eigenvalue weighted by Crippen LogP contribution is -2.31. The normalized spacial score (nSPS) is 17.5. The van der Waals surface area contributed by atoms with Crippen LogP contribution in [0.1, 0.15) is 25.3 Å². The number of anilines is 1. The van der Waals surface area contributed by atoms with Crippen molar-refractivity contribution in [3.05, 3.63) is 33.9 Å². The summed E-state index contributed by atoms with van der Waals surface area (Å²) in [5.41, 5.74) is 1.62. The molecule has 0 aliphatic carbocycles. The third-order valence-corrected chi connectivity index (χ3v) is 3.80. The SMILES string of the molecule is CCC(=O)N1CCC(Nc2ccc([N+](=O)[O-])cc2COC)C1. The van der Waals surface area contributed by atoms with Crippen molar-refractivity contribution in [2.75, 3.05) is 25.5 Å². The lowest BCUT2D eigenvalue weighted by atomic mass is 10.1. The molecule has 1 atom stereocenters. The summed E-state index contributed by atoms with van der Waals surface area (Å²) in [6.07, 6.45) is 1.38. The van der Waals surface area contributed by atoms with Crippen molar-refractivity contribution in [1.29, 1.82) is 0 Å². The van der Waals surface area contributed by atoms with Crippen LogP contribution in [0, 0.1) is 10.1 Å². The second-order valence-electron chi connectivity index (χ2n) is 5.35. The molecule has 120 valence electrons. The molecule has 1 saturated heterocycles. The van der Waals surface area contributed by atoms with Crippen molar-refractivity contribution < 1.29 is 14.5 Å². The summed E-state index contributed by atoms with van der Waals surface area (Å²) in [5, 5.41) is 14.2.